The van der Waals surface area contributed by atoms with Crippen LogP contribution in [0, 0.1) is 11.8 Å². The average molecular weight is 314 g/mol. The second-order valence-electron chi connectivity index (χ2n) is 5.27. The molecule has 0 heterocycles. The number of hydroxylamine groups is 1. The lowest BCUT2D eigenvalue weighted by molar-refractivity contribution is -0.153. The number of carbonyl (C=O) groups is 4. The lowest BCUT2D eigenvalue weighted by Crippen LogP contribution is -2.45. The van der Waals surface area contributed by atoms with Gasteiger partial charge in [0.1, 0.15) is 6.29 Å². The Morgan fingerprint density at radius 3 is 2.45 bits per heavy atom. The van der Waals surface area contributed by atoms with E-state index in [1.807, 2.05) is 0 Å². The van der Waals surface area contributed by atoms with Crippen LogP contribution in [0.2, 0.25) is 0 Å². The molecule has 0 saturated heterocycles. The first kappa shape index (κ1) is 18.1. The number of hydrogen-bond acceptors (Lipinski definition) is 6. The van der Waals surface area contributed by atoms with E-state index in [0.29, 0.717) is 19.1 Å². The molecule has 0 radical (unpaired) electrons. The first-order valence-corrected chi connectivity index (χ1v) is 7.32. The van der Waals surface area contributed by atoms with Crippen molar-refractivity contribution < 1.29 is 29.1 Å². The summed E-state index contributed by atoms with van der Waals surface area (Å²) in [5.41, 5.74) is 2.39. The van der Waals surface area contributed by atoms with Gasteiger partial charge in [-0.15, -0.1) is 0 Å². The third-order valence-electron chi connectivity index (χ3n) is 3.71. The van der Waals surface area contributed by atoms with E-state index in [0.717, 1.165) is 12.8 Å². The Hall–Kier alpha value is -1.96. The van der Waals surface area contributed by atoms with E-state index in [2.05, 4.69) is 10.3 Å². The third kappa shape index (κ3) is 5.44. The van der Waals surface area contributed by atoms with Gasteiger partial charge in [0.25, 0.3) is 0 Å². The number of carboxylic acid groups (broad SMARTS) is 1. The van der Waals surface area contributed by atoms with Crippen molar-refractivity contribution in [1.82, 2.24) is 10.4 Å². The van der Waals surface area contributed by atoms with Crippen LogP contribution >= 0.6 is 0 Å². The second-order valence-corrected chi connectivity index (χ2v) is 5.27. The molecule has 1 fully saturated rings. The van der Waals surface area contributed by atoms with Crippen molar-refractivity contribution >= 4 is 24.1 Å². The van der Waals surface area contributed by atoms with E-state index in [-0.39, 0.29) is 25.5 Å². The summed E-state index contributed by atoms with van der Waals surface area (Å²) in [5, 5.41) is 9.23. The zero-order chi connectivity index (χ0) is 16.5. The summed E-state index contributed by atoms with van der Waals surface area (Å²) in [7, 11) is 0. The number of hydrogen-bond donors (Lipinski definition) is 2. The van der Waals surface area contributed by atoms with Crippen LogP contribution in [0.3, 0.4) is 0 Å². The SMILES string of the molecule is CC(=O)ONCCN(CC=O)C(=O)C1CCCCC1C(=O)O. The highest BCUT2D eigenvalue weighted by atomic mass is 16.7. The minimum absolute atomic E-state index is 0.108. The molecule has 8 nitrogen and oxygen atoms in total. The Morgan fingerprint density at radius 1 is 1.27 bits per heavy atom. The first-order chi connectivity index (χ1) is 10.5. The Kier molecular flexibility index (Phi) is 7.51. The van der Waals surface area contributed by atoms with Crippen LogP contribution < -0.4 is 5.48 Å². The molecule has 2 N–H and O–H groups in total. The van der Waals surface area contributed by atoms with Crippen LogP contribution in [-0.4, -0.2) is 53.8 Å². The Balaban J connectivity index is 2.63. The fourth-order valence-corrected chi connectivity index (χ4v) is 2.67. The molecular formula is C14H22N2O6. The summed E-state index contributed by atoms with van der Waals surface area (Å²) in [4.78, 5) is 51.0. The number of amides is 1. The van der Waals surface area contributed by atoms with Crippen LogP contribution in [0.4, 0.5) is 0 Å². The molecule has 1 saturated carbocycles. The lowest BCUT2D eigenvalue weighted by Gasteiger charge is -2.32. The Labute approximate surface area is 128 Å². The van der Waals surface area contributed by atoms with Gasteiger partial charge in [-0.2, -0.15) is 5.48 Å². The molecule has 2 unspecified atom stereocenters. The van der Waals surface area contributed by atoms with Gasteiger partial charge in [-0.3, -0.25) is 14.4 Å². The minimum atomic E-state index is -0.970. The van der Waals surface area contributed by atoms with Crippen LogP contribution in [-0.2, 0) is 24.0 Å². The molecule has 0 aromatic heterocycles. The third-order valence-corrected chi connectivity index (χ3v) is 3.71. The zero-order valence-electron chi connectivity index (χ0n) is 12.6. The van der Waals surface area contributed by atoms with Crippen LogP contribution in [0.1, 0.15) is 32.6 Å². The van der Waals surface area contributed by atoms with Crippen LogP contribution in [0.15, 0.2) is 0 Å². The van der Waals surface area contributed by atoms with Gasteiger partial charge in [-0.05, 0) is 12.8 Å². The fraction of sp³-hybridized carbons (Fsp3) is 0.714. The molecule has 1 rings (SSSR count). The van der Waals surface area contributed by atoms with E-state index >= 15 is 0 Å². The van der Waals surface area contributed by atoms with Gasteiger partial charge in [0, 0.05) is 20.0 Å². The van der Waals surface area contributed by atoms with Gasteiger partial charge >= 0.3 is 11.9 Å². The smallest absolute Gasteiger partial charge is 0.321 e. The maximum Gasteiger partial charge on any atom is 0.321 e. The predicted octanol–water partition coefficient (Wildman–Crippen LogP) is -0.0274. The topological polar surface area (TPSA) is 113 Å². The highest BCUT2D eigenvalue weighted by molar-refractivity contribution is 5.86. The molecule has 1 aliphatic rings. The van der Waals surface area contributed by atoms with E-state index in [4.69, 9.17) is 0 Å². The molecule has 0 aromatic carbocycles. The molecule has 124 valence electrons. The van der Waals surface area contributed by atoms with E-state index in [9.17, 15) is 24.3 Å². The van der Waals surface area contributed by atoms with Crippen molar-refractivity contribution in [2.24, 2.45) is 11.8 Å². The van der Waals surface area contributed by atoms with Gasteiger partial charge in [0.15, 0.2) is 0 Å². The van der Waals surface area contributed by atoms with Gasteiger partial charge in [0.05, 0.1) is 18.4 Å². The Morgan fingerprint density at radius 2 is 1.91 bits per heavy atom. The number of nitrogens with one attached hydrogen (secondary N) is 1. The largest absolute Gasteiger partial charge is 0.481 e. The fourth-order valence-electron chi connectivity index (χ4n) is 2.67. The van der Waals surface area contributed by atoms with Crippen molar-refractivity contribution in [2.45, 2.75) is 32.6 Å². The number of rotatable bonds is 8. The number of aliphatic carboxylic acids is 1. The number of carboxylic acids is 1. The molecule has 2 atom stereocenters. The summed E-state index contributed by atoms with van der Waals surface area (Å²) in [6.45, 7) is 1.46. The molecule has 1 aliphatic carbocycles. The summed E-state index contributed by atoms with van der Waals surface area (Å²) in [6, 6.07) is 0. The first-order valence-electron chi connectivity index (χ1n) is 7.32. The van der Waals surface area contributed by atoms with Gasteiger partial charge in [0.2, 0.25) is 5.91 Å². The summed E-state index contributed by atoms with van der Waals surface area (Å²) in [5.74, 6) is -3.10. The van der Waals surface area contributed by atoms with Gasteiger partial charge in [-0.25, -0.2) is 0 Å². The normalized spacial score (nSPS) is 21.0. The molecule has 0 bridgehead atoms. The molecule has 0 aliphatic heterocycles. The zero-order valence-corrected chi connectivity index (χ0v) is 12.6. The standard InChI is InChI=1S/C14H22N2O6/c1-10(18)22-15-6-7-16(8-9-17)13(19)11-4-2-3-5-12(11)14(20)21/h9,11-12,15H,2-8H2,1H3,(H,20,21). The second kappa shape index (κ2) is 9.14. The van der Waals surface area contributed by atoms with Crippen LogP contribution in [0.25, 0.3) is 0 Å². The molecule has 8 heteroatoms. The molecule has 0 aromatic rings. The summed E-state index contributed by atoms with van der Waals surface area (Å²) in [6.07, 6.45) is 3.19. The van der Waals surface area contributed by atoms with E-state index < -0.39 is 23.8 Å². The quantitative estimate of drug-likeness (QED) is 0.367. The molecule has 0 spiro atoms. The molecular weight excluding hydrogens is 292 g/mol. The highest BCUT2D eigenvalue weighted by Gasteiger charge is 2.37. The van der Waals surface area contributed by atoms with Crippen molar-refractivity contribution in [2.75, 3.05) is 19.6 Å². The van der Waals surface area contributed by atoms with Crippen molar-refractivity contribution in [3.8, 4) is 0 Å². The number of nitrogens with zero attached hydrogens (tertiary/aromatic N) is 1. The van der Waals surface area contributed by atoms with E-state index in [1.165, 1.54) is 11.8 Å². The number of carbonyl (C=O) groups excluding carboxylic acids is 3. The van der Waals surface area contributed by atoms with E-state index in [1.54, 1.807) is 0 Å². The van der Waals surface area contributed by atoms with Crippen molar-refractivity contribution in [3.63, 3.8) is 0 Å². The van der Waals surface area contributed by atoms with Crippen molar-refractivity contribution in [1.29, 1.82) is 0 Å². The van der Waals surface area contributed by atoms with Gasteiger partial charge in [-0.1, -0.05) is 12.8 Å². The van der Waals surface area contributed by atoms with Crippen LogP contribution in [0.5, 0.6) is 0 Å². The minimum Gasteiger partial charge on any atom is -0.481 e. The summed E-state index contributed by atoms with van der Waals surface area (Å²) < 4.78 is 0. The predicted molar refractivity (Wildman–Crippen MR) is 75.5 cm³/mol. The molecule has 22 heavy (non-hydrogen) atoms. The highest BCUT2D eigenvalue weighted by Crippen LogP contribution is 2.31. The monoisotopic (exact) mass is 314 g/mol. The molecule has 1 amide bonds. The average Bonchev–Trinajstić information content (AvgIpc) is 2.49. The maximum atomic E-state index is 12.5. The number of aldehydes is 1. The van der Waals surface area contributed by atoms with Gasteiger partial charge < -0.3 is 19.6 Å². The maximum absolute atomic E-state index is 12.5. The van der Waals surface area contributed by atoms with Crippen molar-refractivity contribution in [3.05, 3.63) is 0 Å². The Bertz CT molecular complexity index is 426. The lowest BCUT2D eigenvalue weighted by atomic mass is 9.78. The summed E-state index contributed by atoms with van der Waals surface area (Å²) >= 11 is 0.